The van der Waals surface area contributed by atoms with Crippen molar-refractivity contribution >= 4 is 17.3 Å². The Morgan fingerprint density at radius 3 is 2.61 bits per heavy atom. The van der Waals surface area contributed by atoms with Gasteiger partial charge in [-0.2, -0.15) is 5.54 Å². The molecule has 0 saturated carbocycles. The lowest BCUT2D eigenvalue weighted by Crippen LogP contribution is -2.22. The summed E-state index contributed by atoms with van der Waals surface area (Å²) in [6.45, 7) is 4.11. The first-order valence-electron chi connectivity index (χ1n) is 6.54. The molecule has 0 fully saturated rings. The van der Waals surface area contributed by atoms with Gasteiger partial charge in [-0.05, 0) is 44.7 Å². The van der Waals surface area contributed by atoms with Crippen LogP contribution in [0.15, 0.2) is 24.3 Å². The summed E-state index contributed by atoms with van der Waals surface area (Å²) in [6.07, 6.45) is 3.68. The van der Waals surface area contributed by atoms with Crippen LogP contribution in [0.5, 0.6) is 0 Å². The molecule has 0 amide bonds. The van der Waals surface area contributed by atoms with E-state index in [0.29, 0.717) is 6.04 Å². The molecule has 0 radical (unpaired) electrons. The first-order chi connectivity index (χ1) is 8.67. The van der Waals surface area contributed by atoms with Crippen LogP contribution in [0, 0.1) is 0 Å². The first kappa shape index (κ1) is 15.3. The minimum absolute atomic E-state index is 0.0162. The largest absolute Gasteiger partial charge is 0.381 e. The van der Waals surface area contributed by atoms with E-state index >= 15 is 0 Å². The quantitative estimate of drug-likeness (QED) is 0.678. The molecule has 2 N–H and O–H groups in total. The number of benzene rings is 1. The molecule has 2 unspecified atom stereocenters. The molecule has 0 aliphatic carbocycles. The summed E-state index contributed by atoms with van der Waals surface area (Å²) in [5.41, 5.74) is 2.80. The van der Waals surface area contributed by atoms with E-state index in [0.717, 1.165) is 36.4 Å². The lowest BCUT2D eigenvalue weighted by atomic mass is 10.0. The Balaban J connectivity index is 2.30. The summed E-state index contributed by atoms with van der Waals surface area (Å²) < 4.78 is 12.3. The third kappa shape index (κ3) is 5.23. The highest BCUT2D eigenvalue weighted by Crippen LogP contribution is 2.22. The van der Waals surface area contributed by atoms with Crippen molar-refractivity contribution in [1.82, 2.24) is 5.54 Å². The smallest absolute Gasteiger partial charge is 0.0637 e. The molecule has 18 heavy (non-hydrogen) atoms. The molecule has 2 atom stereocenters. The predicted molar refractivity (Wildman–Crippen MR) is 76.7 cm³/mol. The van der Waals surface area contributed by atoms with E-state index < -0.39 is 0 Å². The van der Waals surface area contributed by atoms with Crippen molar-refractivity contribution in [3.63, 3.8) is 0 Å². The zero-order chi connectivity index (χ0) is 13.4. The van der Waals surface area contributed by atoms with Crippen molar-refractivity contribution in [2.24, 2.45) is 0 Å². The van der Waals surface area contributed by atoms with Crippen molar-refractivity contribution in [1.29, 1.82) is 0 Å². The number of rotatable bonds is 8. The maximum Gasteiger partial charge on any atom is 0.0637 e. The van der Waals surface area contributed by atoms with Gasteiger partial charge in [-0.3, -0.25) is 0 Å². The number of nitrogens with one attached hydrogen (secondary N) is 2. The van der Waals surface area contributed by atoms with Crippen LogP contribution in [0.3, 0.4) is 0 Å². The number of hydrogen-bond donors (Lipinski definition) is 2. The van der Waals surface area contributed by atoms with Crippen LogP contribution in [-0.4, -0.2) is 12.1 Å². The Labute approximate surface area is 114 Å². The van der Waals surface area contributed by atoms with Gasteiger partial charge in [-0.1, -0.05) is 30.7 Å². The molecule has 0 heterocycles. The van der Waals surface area contributed by atoms with Crippen LogP contribution in [0.25, 0.3) is 0 Å². The van der Waals surface area contributed by atoms with Crippen molar-refractivity contribution in [2.75, 3.05) is 5.32 Å². The molecule has 2 nitrogen and oxygen atoms in total. The highest BCUT2D eigenvalue weighted by molar-refractivity contribution is 6.33. The second-order valence-electron chi connectivity index (χ2n) is 4.67. The SMILES string of the molecule is CCC(CCCC(C)Nc1ccccc1Cl)NF. The third-order valence-corrected chi connectivity index (χ3v) is 3.44. The van der Waals surface area contributed by atoms with Crippen LogP contribution in [0.2, 0.25) is 5.02 Å². The van der Waals surface area contributed by atoms with E-state index in [1.165, 1.54) is 0 Å². The summed E-state index contributed by atoms with van der Waals surface area (Å²) in [5, 5.41) is 4.11. The van der Waals surface area contributed by atoms with Crippen LogP contribution in [-0.2, 0) is 0 Å². The monoisotopic (exact) mass is 272 g/mol. The standard InChI is InChI=1S/C14H22ClFN2/c1-3-12(18-16)8-6-7-11(2)17-14-10-5-4-9-13(14)15/h4-5,9-12,17-18H,3,6-8H2,1-2H3. The summed E-state index contributed by atoms with van der Waals surface area (Å²) in [6, 6.07) is 8.03. The van der Waals surface area contributed by atoms with Gasteiger partial charge < -0.3 is 5.32 Å². The fourth-order valence-corrected chi connectivity index (χ4v) is 2.11. The van der Waals surface area contributed by atoms with Gasteiger partial charge in [0.25, 0.3) is 0 Å². The average Bonchev–Trinajstić information content (AvgIpc) is 2.37. The molecule has 0 aliphatic rings. The number of para-hydroxylation sites is 1. The zero-order valence-electron chi connectivity index (χ0n) is 11.0. The van der Waals surface area contributed by atoms with Gasteiger partial charge in [0.15, 0.2) is 0 Å². The van der Waals surface area contributed by atoms with Gasteiger partial charge in [0.2, 0.25) is 0 Å². The highest BCUT2D eigenvalue weighted by atomic mass is 35.5. The van der Waals surface area contributed by atoms with Crippen molar-refractivity contribution in [2.45, 2.75) is 51.6 Å². The van der Waals surface area contributed by atoms with Gasteiger partial charge in [0.1, 0.15) is 0 Å². The summed E-state index contributed by atoms with van der Waals surface area (Å²) in [4.78, 5) is 0. The van der Waals surface area contributed by atoms with Crippen molar-refractivity contribution in [3.8, 4) is 0 Å². The van der Waals surface area contributed by atoms with Gasteiger partial charge >= 0.3 is 0 Å². The van der Waals surface area contributed by atoms with Crippen LogP contribution in [0.1, 0.15) is 39.5 Å². The van der Waals surface area contributed by atoms with Gasteiger partial charge in [0.05, 0.1) is 10.7 Å². The Morgan fingerprint density at radius 1 is 1.28 bits per heavy atom. The molecule has 0 aliphatic heterocycles. The van der Waals surface area contributed by atoms with E-state index in [-0.39, 0.29) is 6.04 Å². The molecular formula is C14H22ClFN2. The topological polar surface area (TPSA) is 24.1 Å². The van der Waals surface area contributed by atoms with Crippen LogP contribution in [0.4, 0.5) is 10.2 Å². The van der Waals surface area contributed by atoms with E-state index in [1.807, 2.05) is 36.7 Å². The number of anilines is 1. The van der Waals surface area contributed by atoms with Crippen molar-refractivity contribution in [3.05, 3.63) is 29.3 Å². The molecule has 0 aromatic heterocycles. The molecule has 0 spiro atoms. The number of hydrogen-bond acceptors (Lipinski definition) is 2. The maximum absolute atomic E-state index is 12.3. The Hall–Kier alpha value is -0.800. The fraction of sp³-hybridized carbons (Fsp3) is 0.571. The molecule has 1 aromatic carbocycles. The van der Waals surface area contributed by atoms with Gasteiger partial charge in [-0.15, -0.1) is 4.48 Å². The molecule has 0 saturated heterocycles. The molecule has 102 valence electrons. The molecule has 4 heteroatoms. The van der Waals surface area contributed by atoms with Crippen LogP contribution >= 0.6 is 11.6 Å². The molecule has 1 rings (SSSR count). The number of halogens is 2. The van der Waals surface area contributed by atoms with E-state index in [9.17, 15) is 4.48 Å². The minimum atomic E-state index is -0.0162. The van der Waals surface area contributed by atoms with Gasteiger partial charge in [0, 0.05) is 12.1 Å². The third-order valence-electron chi connectivity index (χ3n) is 3.11. The Kier molecular flexibility index (Phi) is 7.06. The Morgan fingerprint density at radius 2 is 2.00 bits per heavy atom. The maximum atomic E-state index is 12.3. The average molecular weight is 273 g/mol. The highest BCUT2D eigenvalue weighted by Gasteiger charge is 2.08. The Bertz CT molecular complexity index is 342. The summed E-state index contributed by atoms with van der Waals surface area (Å²) in [7, 11) is 0. The van der Waals surface area contributed by atoms with Crippen molar-refractivity contribution < 1.29 is 4.48 Å². The van der Waals surface area contributed by atoms with Gasteiger partial charge in [-0.25, -0.2) is 0 Å². The zero-order valence-corrected chi connectivity index (χ0v) is 11.8. The lowest BCUT2D eigenvalue weighted by molar-refractivity contribution is 0.251. The fourth-order valence-electron chi connectivity index (χ4n) is 1.92. The predicted octanol–water partition coefficient (Wildman–Crippen LogP) is 4.56. The summed E-state index contributed by atoms with van der Waals surface area (Å²) in [5.74, 6) is 0. The second-order valence-corrected chi connectivity index (χ2v) is 5.08. The van der Waals surface area contributed by atoms with E-state index in [1.54, 1.807) is 0 Å². The van der Waals surface area contributed by atoms with E-state index in [4.69, 9.17) is 11.6 Å². The second kappa shape index (κ2) is 8.33. The molecule has 0 bridgehead atoms. The molecule has 1 aromatic rings. The first-order valence-corrected chi connectivity index (χ1v) is 6.92. The lowest BCUT2D eigenvalue weighted by Gasteiger charge is -2.17. The normalized spacial score (nSPS) is 14.2. The van der Waals surface area contributed by atoms with E-state index in [2.05, 4.69) is 12.2 Å². The molecular weight excluding hydrogens is 251 g/mol. The minimum Gasteiger partial charge on any atom is -0.381 e. The summed E-state index contributed by atoms with van der Waals surface area (Å²) >= 11 is 6.08. The van der Waals surface area contributed by atoms with Crippen LogP contribution < -0.4 is 10.9 Å².